The van der Waals surface area contributed by atoms with Gasteiger partial charge in [-0.3, -0.25) is 0 Å². The predicted molar refractivity (Wildman–Crippen MR) is 62.1 cm³/mol. The fourth-order valence-corrected chi connectivity index (χ4v) is 1.54. The molecule has 1 rings (SSSR count). The van der Waals surface area contributed by atoms with Crippen LogP contribution < -0.4 is 0 Å². The molecule has 0 N–H and O–H groups in total. The Bertz CT molecular complexity index is 366. The van der Waals surface area contributed by atoms with Crippen molar-refractivity contribution in [2.24, 2.45) is 0 Å². The highest BCUT2D eigenvalue weighted by molar-refractivity contribution is 6.37. The van der Waals surface area contributed by atoms with Gasteiger partial charge in [-0.25, -0.2) is 4.79 Å². The zero-order valence-electron chi connectivity index (χ0n) is 8.17. The summed E-state index contributed by atoms with van der Waals surface area (Å²) >= 11 is 11.8. The van der Waals surface area contributed by atoms with E-state index in [0.29, 0.717) is 22.2 Å². The summed E-state index contributed by atoms with van der Waals surface area (Å²) in [4.78, 5) is 11.0. The van der Waals surface area contributed by atoms with E-state index in [-0.39, 0.29) is 0 Å². The average Bonchev–Trinajstić information content (AvgIpc) is 2.17. The summed E-state index contributed by atoms with van der Waals surface area (Å²) in [5, 5.41) is 1.01. The Hall–Kier alpha value is -0.990. The first-order valence-corrected chi connectivity index (χ1v) is 5.19. The van der Waals surface area contributed by atoms with Crippen LogP contribution in [0.3, 0.4) is 0 Å². The van der Waals surface area contributed by atoms with E-state index in [4.69, 9.17) is 27.9 Å². The molecule has 0 aromatic heterocycles. The molecule has 0 aliphatic heterocycles. The van der Waals surface area contributed by atoms with Crippen LogP contribution in [-0.4, -0.2) is 12.6 Å². The zero-order valence-corrected chi connectivity index (χ0v) is 9.68. The molecule has 1 aromatic rings. The van der Waals surface area contributed by atoms with Crippen LogP contribution in [-0.2, 0) is 9.53 Å². The van der Waals surface area contributed by atoms with Gasteiger partial charge < -0.3 is 4.74 Å². The van der Waals surface area contributed by atoms with Gasteiger partial charge in [0, 0.05) is 21.7 Å². The van der Waals surface area contributed by atoms with Gasteiger partial charge in [-0.2, -0.15) is 0 Å². The second kappa shape index (κ2) is 5.79. The molecule has 0 amide bonds. The molecule has 0 atom stereocenters. The van der Waals surface area contributed by atoms with E-state index in [2.05, 4.69) is 0 Å². The van der Waals surface area contributed by atoms with E-state index in [1.165, 1.54) is 6.08 Å². The molecule has 0 aliphatic rings. The molecule has 0 fully saturated rings. The number of benzene rings is 1. The van der Waals surface area contributed by atoms with Gasteiger partial charge in [-0.15, -0.1) is 0 Å². The summed E-state index contributed by atoms with van der Waals surface area (Å²) in [6, 6.07) is 5.16. The number of carbonyl (C=O) groups excluding carboxylic acids is 1. The van der Waals surface area contributed by atoms with Crippen molar-refractivity contribution in [2.75, 3.05) is 6.61 Å². The van der Waals surface area contributed by atoms with E-state index >= 15 is 0 Å². The fourth-order valence-electron chi connectivity index (χ4n) is 1.01. The SMILES string of the molecule is CCOC(=O)C=Cc1c(Cl)cccc1Cl. The van der Waals surface area contributed by atoms with Crippen molar-refractivity contribution in [1.29, 1.82) is 0 Å². The van der Waals surface area contributed by atoms with E-state index < -0.39 is 5.97 Å². The van der Waals surface area contributed by atoms with Gasteiger partial charge in [-0.1, -0.05) is 29.3 Å². The second-order valence-corrected chi connectivity index (χ2v) is 3.54. The van der Waals surface area contributed by atoms with Gasteiger partial charge in [0.15, 0.2) is 0 Å². The normalized spacial score (nSPS) is 10.6. The largest absolute Gasteiger partial charge is 0.463 e. The van der Waals surface area contributed by atoms with Crippen molar-refractivity contribution in [1.82, 2.24) is 0 Å². The number of halogens is 2. The van der Waals surface area contributed by atoms with Crippen LogP contribution in [0.15, 0.2) is 24.3 Å². The minimum atomic E-state index is -0.409. The maximum absolute atomic E-state index is 11.0. The van der Waals surface area contributed by atoms with Crippen molar-refractivity contribution >= 4 is 35.2 Å². The molecule has 0 saturated heterocycles. The monoisotopic (exact) mass is 244 g/mol. The molecule has 0 saturated carbocycles. The average molecular weight is 245 g/mol. The van der Waals surface area contributed by atoms with Gasteiger partial charge in [0.05, 0.1) is 6.61 Å². The van der Waals surface area contributed by atoms with E-state index in [0.717, 1.165) is 0 Å². The summed E-state index contributed by atoms with van der Waals surface area (Å²) in [5.41, 5.74) is 0.619. The minimum absolute atomic E-state index is 0.347. The summed E-state index contributed by atoms with van der Waals surface area (Å²) in [7, 11) is 0. The maximum atomic E-state index is 11.0. The van der Waals surface area contributed by atoms with Crippen molar-refractivity contribution in [2.45, 2.75) is 6.92 Å². The fraction of sp³-hybridized carbons (Fsp3) is 0.182. The van der Waals surface area contributed by atoms with Crippen LogP contribution in [0.25, 0.3) is 6.08 Å². The van der Waals surface area contributed by atoms with Crippen molar-refractivity contribution in [3.63, 3.8) is 0 Å². The van der Waals surface area contributed by atoms with E-state index in [1.54, 1.807) is 31.2 Å². The summed E-state index contributed by atoms with van der Waals surface area (Å²) in [5.74, 6) is -0.409. The van der Waals surface area contributed by atoms with Gasteiger partial charge in [0.2, 0.25) is 0 Å². The van der Waals surface area contributed by atoms with Crippen LogP contribution in [0.1, 0.15) is 12.5 Å². The predicted octanol–water partition coefficient (Wildman–Crippen LogP) is 3.57. The Morgan fingerprint density at radius 1 is 1.40 bits per heavy atom. The third-order valence-corrected chi connectivity index (χ3v) is 2.33. The van der Waals surface area contributed by atoms with Crippen LogP contribution in [0.4, 0.5) is 0 Å². The van der Waals surface area contributed by atoms with Gasteiger partial charge in [0.25, 0.3) is 0 Å². The quantitative estimate of drug-likeness (QED) is 0.601. The van der Waals surface area contributed by atoms with Crippen molar-refractivity contribution in [3.05, 3.63) is 39.9 Å². The lowest BCUT2D eigenvalue weighted by molar-refractivity contribution is -0.137. The Kier molecular flexibility index (Phi) is 4.66. The Balaban J connectivity index is 2.84. The number of esters is 1. The second-order valence-electron chi connectivity index (χ2n) is 2.72. The first-order valence-electron chi connectivity index (χ1n) is 4.44. The molecule has 0 spiro atoms. The molecule has 4 heteroatoms. The molecule has 0 bridgehead atoms. The van der Waals surface area contributed by atoms with Crippen molar-refractivity contribution < 1.29 is 9.53 Å². The van der Waals surface area contributed by atoms with Crippen LogP contribution in [0.5, 0.6) is 0 Å². The first kappa shape index (κ1) is 12.1. The zero-order chi connectivity index (χ0) is 11.3. The van der Waals surface area contributed by atoms with Crippen molar-refractivity contribution in [3.8, 4) is 0 Å². The first-order chi connectivity index (χ1) is 7.15. The topological polar surface area (TPSA) is 26.3 Å². The highest BCUT2D eigenvalue weighted by Crippen LogP contribution is 2.25. The molecule has 2 nitrogen and oxygen atoms in total. The third-order valence-electron chi connectivity index (χ3n) is 1.67. The molecule has 80 valence electrons. The number of carbonyl (C=O) groups is 1. The molecule has 1 aromatic carbocycles. The highest BCUT2D eigenvalue weighted by Gasteiger charge is 2.02. The molecular formula is C11H10Cl2O2. The van der Waals surface area contributed by atoms with E-state index in [1.807, 2.05) is 0 Å². The highest BCUT2D eigenvalue weighted by atomic mass is 35.5. The molecule has 0 aliphatic carbocycles. The molecular weight excluding hydrogens is 235 g/mol. The number of rotatable bonds is 3. The minimum Gasteiger partial charge on any atom is -0.463 e. The Morgan fingerprint density at radius 2 is 2.00 bits per heavy atom. The Labute approximate surface area is 98.4 Å². The van der Waals surface area contributed by atoms with Crippen LogP contribution in [0, 0.1) is 0 Å². The van der Waals surface area contributed by atoms with Gasteiger partial charge in [-0.05, 0) is 25.1 Å². The molecule has 0 radical (unpaired) electrons. The number of ether oxygens (including phenoxy) is 1. The van der Waals surface area contributed by atoms with E-state index in [9.17, 15) is 4.79 Å². The number of hydrogen-bond donors (Lipinski definition) is 0. The van der Waals surface area contributed by atoms with Gasteiger partial charge in [0.1, 0.15) is 0 Å². The summed E-state index contributed by atoms with van der Waals surface area (Å²) in [6.45, 7) is 2.09. The summed E-state index contributed by atoms with van der Waals surface area (Å²) in [6.07, 6.45) is 2.85. The van der Waals surface area contributed by atoms with Gasteiger partial charge >= 0.3 is 5.97 Å². The lowest BCUT2D eigenvalue weighted by Crippen LogP contribution is -1.98. The smallest absolute Gasteiger partial charge is 0.330 e. The molecule has 15 heavy (non-hydrogen) atoms. The molecule has 0 heterocycles. The summed E-state index contributed by atoms with van der Waals surface area (Å²) < 4.78 is 4.73. The maximum Gasteiger partial charge on any atom is 0.330 e. The lowest BCUT2D eigenvalue weighted by Gasteiger charge is -2.00. The van der Waals surface area contributed by atoms with Crippen LogP contribution in [0.2, 0.25) is 10.0 Å². The standard InChI is InChI=1S/C11H10Cl2O2/c1-2-15-11(14)7-6-8-9(12)4-3-5-10(8)13/h3-7H,2H2,1H3. The Morgan fingerprint density at radius 3 is 2.53 bits per heavy atom. The third kappa shape index (κ3) is 3.57. The molecule has 0 unspecified atom stereocenters. The lowest BCUT2D eigenvalue weighted by atomic mass is 10.2. The number of hydrogen-bond acceptors (Lipinski definition) is 2. The van der Waals surface area contributed by atoms with Crippen LogP contribution >= 0.6 is 23.2 Å².